The summed E-state index contributed by atoms with van der Waals surface area (Å²) in [4.78, 5) is 30.7. The zero-order valence-electron chi connectivity index (χ0n) is 14.7. The van der Waals surface area contributed by atoms with Crippen molar-refractivity contribution in [3.05, 3.63) is 18.3 Å². The van der Waals surface area contributed by atoms with Gasteiger partial charge in [0.15, 0.2) is 0 Å². The minimum atomic E-state index is -0.473. The molecule has 1 aromatic rings. The van der Waals surface area contributed by atoms with E-state index in [0.717, 1.165) is 44.6 Å². The number of aromatic nitrogens is 1. The van der Waals surface area contributed by atoms with Crippen LogP contribution in [0.1, 0.15) is 32.6 Å². The van der Waals surface area contributed by atoms with Crippen LogP contribution in [-0.2, 0) is 14.3 Å². The van der Waals surface area contributed by atoms with E-state index in [4.69, 9.17) is 4.74 Å². The van der Waals surface area contributed by atoms with Crippen LogP contribution >= 0.6 is 0 Å². The van der Waals surface area contributed by atoms with Gasteiger partial charge in [0.2, 0.25) is 11.8 Å². The molecular formula is C18H26N4O3. The lowest BCUT2D eigenvalue weighted by atomic mass is 9.97. The Hall–Kier alpha value is -2.15. The monoisotopic (exact) mass is 346 g/mol. The van der Waals surface area contributed by atoms with Crippen molar-refractivity contribution < 1.29 is 14.3 Å². The normalized spacial score (nSPS) is 19.5. The second-order valence-corrected chi connectivity index (χ2v) is 6.72. The average molecular weight is 346 g/mol. The van der Waals surface area contributed by atoms with Crippen LogP contribution in [0.2, 0.25) is 0 Å². The maximum absolute atomic E-state index is 12.6. The Morgan fingerprint density at radius 1 is 1.24 bits per heavy atom. The fourth-order valence-corrected chi connectivity index (χ4v) is 3.57. The number of nitrogens with zero attached hydrogens (tertiary/aromatic N) is 2. The first-order valence-electron chi connectivity index (χ1n) is 9.00. The molecule has 0 aromatic carbocycles. The Balaban J connectivity index is 1.62. The summed E-state index contributed by atoms with van der Waals surface area (Å²) in [6.07, 6.45) is 5.86. The molecule has 2 aliphatic rings. The molecule has 1 saturated carbocycles. The number of amides is 2. The van der Waals surface area contributed by atoms with Gasteiger partial charge in [0, 0.05) is 20.0 Å². The van der Waals surface area contributed by atoms with E-state index >= 15 is 0 Å². The highest BCUT2D eigenvalue weighted by Gasteiger charge is 2.31. The third kappa shape index (κ3) is 4.69. The van der Waals surface area contributed by atoms with E-state index in [-0.39, 0.29) is 17.7 Å². The van der Waals surface area contributed by atoms with E-state index in [2.05, 4.69) is 20.5 Å². The lowest BCUT2D eigenvalue weighted by Crippen LogP contribution is -2.47. The van der Waals surface area contributed by atoms with Crippen LogP contribution in [0.15, 0.2) is 18.3 Å². The summed E-state index contributed by atoms with van der Waals surface area (Å²) < 4.78 is 5.34. The zero-order chi connectivity index (χ0) is 17.6. The van der Waals surface area contributed by atoms with Crippen LogP contribution in [0, 0.1) is 5.92 Å². The van der Waals surface area contributed by atoms with Crippen LogP contribution in [0.4, 0.5) is 11.5 Å². The molecule has 0 spiro atoms. The number of nitrogens with one attached hydrogen (secondary N) is 2. The van der Waals surface area contributed by atoms with Crippen molar-refractivity contribution in [1.82, 2.24) is 10.3 Å². The lowest BCUT2D eigenvalue weighted by Gasteiger charge is -2.28. The quantitative estimate of drug-likeness (QED) is 0.845. The number of anilines is 2. The highest BCUT2D eigenvalue weighted by atomic mass is 16.5. The van der Waals surface area contributed by atoms with Crippen LogP contribution in [0.5, 0.6) is 0 Å². The Labute approximate surface area is 148 Å². The summed E-state index contributed by atoms with van der Waals surface area (Å²) in [6.45, 7) is 4.52. The smallest absolute Gasteiger partial charge is 0.247 e. The number of carbonyl (C=O) groups excluding carboxylic acids is 2. The number of hydrogen-bond donors (Lipinski definition) is 2. The van der Waals surface area contributed by atoms with Gasteiger partial charge < -0.3 is 20.3 Å². The second kappa shape index (κ2) is 8.29. The molecule has 25 heavy (non-hydrogen) atoms. The minimum Gasteiger partial charge on any atom is -0.378 e. The van der Waals surface area contributed by atoms with Crippen molar-refractivity contribution in [2.45, 2.75) is 38.6 Å². The van der Waals surface area contributed by atoms with Gasteiger partial charge in [-0.25, -0.2) is 4.98 Å². The largest absolute Gasteiger partial charge is 0.378 e. The van der Waals surface area contributed by atoms with Gasteiger partial charge in [0.1, 0.15) is 11.9 Å². The number of hydrogen-bond acceptors (Lipinski definition) is 5. The predicted octanol–water partition coefficient (Wildman–Crippen LogP) is 1.55. The maximum atomic E-state index is 12.6. The Bertz CT molecular complexity index is 593. The molecule has 0 bridgehead atoms. The molecule has 7 nitrogen and oxygen atoms in total. The molecule has 2 N–H and O–H groups in total. The summed E-state index contributed by atoms with van der Waals surface area (Å²) in [5.41, 5.74) is 0.648. The number of carbonyl (C=O) groups is 2. The van der Waals surface area contributed by atoms with Crippen LogP contribution in [-0.4, -0.2) is 49.1 Å². The standard InChI is InChI=1S/C18H26N4O3/c1-13(23)20-17(14-4-2-3-5-14)18(24)21-15-6-7-16(19-12-15)22-8-10-25-11-9-22/h6-7,12,14,17H,2-5,8-11H2,1H3,(H,20,23)(H,21,24)/t17-/m1/s1. The molecule has 0 radical (unpaired) electrons. The van der Waals surface area contributed by atoms with Crippen molar-refractivity contribution in [2.24, 2.45) is 5.92 Å². The third-order valence-corrected chi connectivity index (χ3v) is 4.86. The zero-order valence-corrected chi connectivity index (χ0v) is 14.7. The molecule has 2 heterocycles. The fraction of sp³-hybridized carbons (Fsp3) is 0.611. The Kier molecular flexibility index (Phi) is 5.86. The Morgan fingerprint density at radius 2 is 1.96 bits per heavy atom. The van der Waals surface area contributed by atoms with Crippen LogP contribution < -0.4 is 15.5 Å². The lowest BCUT2D eigenvalue weighted by molar-refractivity contribution is -0.126. The van der Waals surface area contributed by atoms with E-state index < -0.39 is 6.04 Å². The van der Waals surface area contributed by atoms with Gasteiger partial charge in [-0.05, 0) is 30.9 Å². The van der Waals surface area contributed by atoms with Gasteiger partial charge in [0.25, 0.3) is 0 Å². The average Bonchev–Trinajstić information content (AvgIpc) is 3.15. The molecule has 1 aliphatic heterocycles. The molecule has 7 heteroatoms. The van der Waals surface area contributed by atoms with Gasteiger partial charge in [-0.1, -0.05) is 12.8 Å². The van der Waals surface area contributed by atoms with E-state index in [9.17, 15) is 9.59 Å². The first kappa shape index (κ1) is 17.7. The fourth-order valence-electron chi connectivity index (χ4n) is 3.57. The highest BCUT2D eigenvalue weighted by molar-refractivity contribution is 5.97. The van der Waals surface area contributed by atoms with Gasteiger partial charge in [-0.15, -0.1) is 0 Å². The van der Waals surface area contributed by atoms with Crippen LogP contribution in [0.3, 0.4) is 0 Å². The third-order valence-electron chi connectivity index (χ3n) is 4.86. The summed E-state index contributed by atoms with van der Waals surface area (Å²) in [7, 11) is 0. The molecule has 1 atom stereocenters. The van der Waals surface area contributed by atoms with Gasteiger partial charge in [-0.2, -0.15) is 0 Å². The molecule has 1 saturated heterocycles. The summed E-state index contributed by atoms with van der Waals surface area (Å²) in [5, 5.41) is 5.71. The van der Waals surface area contributed by atoms with E-state index in [0.29, 0.717) is 18.9 Å². The van der Waals surface area contributed by atoms with Crippen molar-refractivity contribution in [3.63, 3.8) is 0 Å². The highest BCUT2D eigenvalue weighted by Crippen LogP contribution is 2.28. The number of morpholine rings is 1. The van der Waals surface area contributed by atoms with Crippen molar-refractivity contribution >= 4 is 23.3 Å². The number of pyridine rings is 1. The minimum absolute atomic E-state index is 0.164. The number of rotatable bonds is 5. The molecule has 1 aromatic heterocycles. The van der Waals surface area contributed by atoms with E-state index in [1.807, 2.05) is 12.1 Å². The molecule has 2 fully saturated rings. The first-order valence-corrected chi connectivity index (χ1v) is 9.00. The summed E-state index contributed by atoms with van der Waals surface area (Å²) in [6, 6.07) is 3.29. The summed E-state index contributed by atoms with van der Waals surface area (Å²) in [5.74, 6) is 0.760. The molecule has 3 rings (SSSR count). The van der Waals surface area contributed by atoms with Gasteiger partial charge in [-0.3, -0.25) is 9.59 Å². The predicted molar refractivity (Wildman–Crippen MR) is 95.5 cm³/mol. The van der Waals surface area contributed by atoms with E-state index in [1.165, 1.54) is 6.92 Å². The van der Waals surface area contributed by atoms with Gasteiger partial charge in [0.05, 0.1) is 25.1 Å². The van der Waals surface area contributed by atoms with E-state index in [1.54, 1.807) is 6.20 Å². The first-order chi connectivity index (χ1) is 12.1. The van der Waals surface area contributed by atoms with Crippen LogP contribution in [0.25, 0.3) is 0 Å². The SMILES string of the molecule is CC(=O)N[C@@H](C(=O)Nc1ccc(N2CCOCC2)nc1)C1CCCC1. The summed E-state index contributed by atoms with van der Waals surface area (Å²) >= 11 is 0. The molecule has 136 valence electrons. The molecular weight excluding hydrogens is 320 g/mol. The van der Waals surface area contributed by atoms with Gasteiger partial charge >= 0.3 is 0 Å². The Morgan fingerprint density at radius 3 is 2.56 bits per heavy atom. The topological polar surface area (TPSA) is 83.6 Å². The number of ether oxygens (including phenoxy) is 1. The molecule has 0 unspecified atom stereocenters. The van der Waals surface area contributed by atoms with Crippen molar-refractivity contribution in [1.29, 1.82) is 0 Å². The van der Waals surface area contributed by atoms with Crippen molar-refractivity contribution in [3.8, 4) is 0 Å². The maximum Gasteiger partial charge on any atom is 0.247 e. The second-order valence-electron chi connectivity index (χ2n) is 6.72. The van der Waals surface area contributed by atoms with Crippen molar-refractivity contribution in [2.75, 3.05) is 36.5 Å². The molecule has 1 aliphatic carbocycles. The molecule has 2 amide bonds.